The van der Waals surface area contributed by atoms with E-state index in [2.05, 4.69) is 5.32 Å². The molecule has 0 aliphatic rings. The van der Waals surface area contributed by atoms with E-state index in [4.69, 9.17) is 4.74 Å². The average Bonchev–Trinajstić information content (AvgIpc) is 2.48. The Labute approximate surface area is 134 Å². The highest BCUT2D eigenvalue weighted by atomic mass is 19.1. The van der Waals surface area contributed by atoms with Crippen molar-refractivity contribution in [1.82, 2.24) is 0 Å². The summed E-state index contributed by atoms with van der Waals surface area (Å²) < 4.78 is 31.4. The molecule has 0 saturated carbocycles. The fourth-order valence-corrected chi connectivity index (χ4v) is 2.25. The first-order chi connectivity index (χ1) is 10.9. The maximum atomic E-state index is 13.5. The first kappa shape index (κ1) is 16.9. The van der Waals surface area contributed by atoms with Crippen molar-refractivity contribution in [1.29, 1.82) is 0 Å². The summed E-state index contributed by atoms with van der Waals surface area (Å²) in [5.74, 6) is -1.83. The third-order valence-electron chi connectivity index (χ3n) is 3.44. The van der Waals surface area contributed by atoms with E-state index in [1.165, 1.54) is 0 Å². The van der Waals surface area contributed by atoms with E-state index in [0.717, 1.165) is 28.9 Å². The molecule has 1 amide bonds. The number of benzene rings is 2. The zero-order valence-electron chi connectivity index (χ0n) is 13.3. The Bertz CT molecular complexity index is 714. The Morgan fingerprint density at radius 2 is 1.96 bits per heavy atom. The molecule has 0 spiro atoms. The third-order valence-corrected chi connectivity index (χ3v) is 3.44. The average molecular weight is 319 g/mol. The number of ether oxygens (including phenoxy) is 1. The van der Waals surface area contributed by atoms with Crippen LogP contribution in [0.1, 0.15) is 30.9 Å². The SMILES string of the molecule is Cc1cccc(C(C)C)c1NC(=O)COc1ccc(F)cc1F. The second kappa shape index (κ2) is 7.22. The minimum atomic E-state index is -0.837. The molecule has 5 heteroatoms. The van der Waals surface area contributed by atoms with Gasteiger partial charge in [-0.15, -0.1) is 0 Å². The van der Waals surface area contributed by atoms with Gasteiger partial charge in [-0.25, -0.2) is 8.78 Å². The molecule has 0 atom stereocenters. The minimum Gasteiger partial charge on any atom is -0.481 e. The summed E-state index contributed by atoms with van der Waals surface area (Å²) in [5, 5.41) is 2.80. The molecule has 0 heterocycles. The third kappa shape index (κ3) is 4.28. The van der Waals surface area contributed by atoms with Gasteiger partial charge in [-0.1, -0.05) is 32.0 Å². The van der Waals surface area contributed by atoms with Crippen LogP contribution in [0.4, 0.5) is 14.5 Å². The molecule has 0 saturated heterocycles. The lowest BCUT2D eigenvalue weighted by atomic mass is 9.98. The van der Waals surface area contributed by atoms with Crippen molar-refractivity contribution in [3.05, 3.63) is 59.2 Å². The van der Waals surface area contributed by atoms with Crippen molar-refractivity contribution < 1.29 is 18.3 Å². The van der Waals surface area contributed by atoms with Crippen molar-refractivity contribution in [3.63, 3.8) is 0 Å². The zero-order valence-corrected chi connectivity index (χ0v) is 13.3. The highest BCUT2D eigenvalue weighted by Gasteiger charge is 2.13. The molecule has 122 valence electrons. The Hall–Kier alpha value is -2.43. The summed E-state index contributed by atoms with van der Waals surface area (Å²) in [5.41, 5.74) is 2.71. The van der Waals surface area contributed by atoms with Crippen molar-refractivity contribution in [3.8, 4) is 5.75 Å². The number of para-hydroxylation sites is 1. The number of rotatable bonds is 5. The molecule has 0 bridgehead atoms. The Morgan fingerprint density at radius 1 is 1.22 bits per heavy atom. The van der Waals surface area contributed by atoms with Crippen molar-refractivity contribution >= 4 is 11.6 Å². The highest BCUT2D eigenvalue weighted by molar-refractivity contribution is 5.93. The molecular formula is C18H19F2NO2. The number of amides is 1. The van der Waals surface area contributed by atoms with Crippen LogP contribution < -0.4 is 10.1 Å². The Morgan fingerprint density at radius 3 is 2.61 bits per heavy atom. The van der Waals surface area contributed by atoms with Crippen molar-refractivity contribution in [2.75, 3.05) is 11.9 Å². The van der Waals surface area contributed by atoms with Crippen LogP contribution in [0, 0.1) is 18.6 Å². The lowest BCUT2D eigenvalue weighted by Gasteiger charge is -2.16. The molecule has 0 radical (unpaired) electrons. The van der Waals surface area contributed by atoms with Gasteiger partial charge in [0.25, 0.3) is 5.91 Å². The van der Waals surface area contributed by atoms with Gasteiger partial charge < -0.3 is 10.1 Å². The summed E-state index contributed by atoms with van der Waals surface area (Å²) in [6.45, 7) is 5.63. The molecule has 0 aromatic heterocycles. The fraction of sp³-hybridized carbons (Fsp3) is 0.278. The number of nitrogens with one attached hydrogen (secondary N) is 1. The second-order valence-electron chi connectivity index (χ2n) is 5.61. The van der Waals surface area contributed by atoms with E-state index in [0.29, 0.717) is 6.07 Å². The number of hydrogen-bond donors (Lipinski definition) is 1. The van der Waals surface area contributed by atoms with Gasteiger partial charge in [0.15, 0.2) is 18.2 Å². The lowest BCUT2D eigenvalue weighted by molar-refractivity contribution is -0.118. The van der Waals surface area contributed by atoms with Gasteiger partial charge in [0.2, 0.25) is 0 Å². The van der Waals surface area contributed by atoms with Crippen LogP contribution in [-0.2, 0) is 4.79 Å². The van der Waals surface area contributed by atoms with Crippen molar-refractivity contribution in [2.24, 2.45) is 0 Å². The van der Waals surface area contributed by atoms with E-state index in [1.54, 1.807) is 0 Å². The summed E-state index contributed by atoms with van der Waals surface area (Å²) in [6.07, 6.45) is 0. The molecule has 0 aliphatic heterocycles. The van der Waals surface area contributed by atoms with Gasteiger partial charge in [-0.05, 0) is 36.1 Å². The molecule has 23 heavy (non-hydrogen) atoms. The van der Waals surface area contributed by atoms with Crippen molar-refractivity contribution in [2.45, 2.75) is 26.7 Å². The normalized spacial score (nSPS) is 10.7. The fourth-order valence-electron chi connectivity index (χ4n) is 2.25. The Balaban J connectivity index is 2.06. The van der Waals surface area contributed by atoms with Crippen LogP contribution in [0.15, 0.2) is 36.4 Å². The van der Waals surface area contributed by atoms with Gasteiger partial charge in [0.05, 0.1) is 0 Å². The van der Waals surface area contributed by atoms with Crippen LogP contribution in [0.25, 0.3) is 0 Å². The zero-order chi connectivity index (χ0) is 17.0. The second-order valence-corrected chi connectivity index (χ2v) is 5.61. The molecule has 2 aromatic rings. The summed E-state index contributed by atoms with van der Waals surface area (Å²) in [4.78, 5) is 12.1. The van der Waals surface area contributed by atoms with Gasteiger partial charge in [-0.3, -0.25) is 4.79 Å². The van der Waals surface area contributed by atoms with Crippen LogP contribution in [0.5, 0.6) is 5.75 Å². The number of hydrogen-bond acceptors (Lipinski definition) is 2. The monoisotopic (exact) mass is 319 g/mol. The Kier molecular flexibility index (Phi) is 5.32. The van der Waals surface area contributed by atoms with E-state index in [9.17, 15) is 13.6 Å². The van der Waals surface area contributed by atoms with Crippen LogP contribution in [-0.4, -0.2) is 12.5 Å². The molecule has 2 rings (SSSR count). The maximum absolute atomic E-state index is 13.5. The standard InChI is InChI=1S/C18H19F2NO2/c1-11(2)14-6-4-5-12(3)18(14)21-17(22)10-23-16-8-7-13(19)9-15(16)20/h4-9,11H,10H2,1-3H3,(H,21,22). The number of aryl methyl sites for hydroxylation is 1. The highest BCUT2D eigenvalue weighted by Crippen LogP contribution is 2.27. The minimum absolute atomic E-state index is 0.157. The van der Waals surface area contributed by atoms with E-state index >= 15 is 0 Å². The molecule has 0 fully saturated rings. The predicted molar refractivity (Wildman–Crippen MR) is 85.8 cm³/mol. The quantitative estimate of drug-likeness (QED) is 0.886. The van der Waals surface area contributed by atoms with Crippen LogP contribution in [0.3, 0.4) is 0 Å². The van der Waals surface area contributed by atoms with E-state index in [1.807, 2.05) is 39.0 Å². The molecule has 2 aromatic carbocycles. The predicted octanol–water partition coefficient (Wildman–Crippen LogP) is 4.41. The summed E-state index contributed by atoms with van der Waals surface area (Å²) in [6, 6.07) is 8.74. The molecule has 1 N–H and O–H groups in total. The van der Waals surface area contributed by atoms with Gasteiger partial charge in [0.1, 0.15) is 5.82 Å². The summed E-state index contributed by atoms with van der Waals surface area (Å²) >= 11 is 0. The lowest BCUT2D eigenvalue weighted by Crippen LogP contribution is -2.22. The molecule has 3 nitrogen and oxygen atoms in total. The first-order valence-corrected chi connectivity index (χ1v) is 7.35. The van der Waals surface area contributed by atoms with E-state index in [-0.39, 0.29) is 18.3 Å². The maximum Gasteiger partial charge on any atom is 0.262 e. The number of halogens is 2. The van der Waals surface area contributed by atoms with Crippen LogP contribution in [0.2, 0.25) is 0 Å². The topological polar surface area (TPSA) is 38.3 Å². The largest absolute Gasteiger partial charge is 0.481 e. The smallest absolute Gasteiger partial charge is 0.262 e. The van der Waals surface area contributed by atoms with Crippen LogP contribution >= 0.6 is 0 Å². The number of anilines is 1. The molecule has 0 unspecified atom stereocenters. The molecular weight excluding hydrogens is 300 g/mol. The number of carbonyl (C=O) groups excluding carboxylic acids is 1. The first-order valence-electron chi connectivity index (χ1n) is 7.35. The van der Waals surface area contributed by atoms with Gasteiger partial charge >= 0.3 is 0 Å². The van der Waals surface area contributed by atoms with Gasteiger partial charge in [-0.2, -0.15) is 0 Å². The summed E-state index contributed by atoms with van der Waals surface area (Å²) in [7, 11) is 0. The van der Waals surface area contributed by atoms with Gasteiger partial charge in [0, 0.05) is 11.8 Å². The van der Waals surface area contributed by atoms with E-state index < -0.39 is 17.5 Å². The molecule has 0 aliphatic carbocycles. The number of carbonyl (C=O) groups is 1.